The van der Waals surface area contributed by atoms with E-state index in [0.717, 1.165) is 50.6 Å². The maximum absolute atomic E-state index is 12.7. The van der Waals surface area contributed by atoms with E-state index in [1.54, 1.807) is 0 Å². The van der Waals surface area contributed by atoms with Crippen LogP contribution < -0.4 is 9.64 Å². The van der Waals surface area contributed by atoms with Crippen molar-refractivity contribution in [3.05, 3.63) is 24.3 Å². The summed E-state index contributed by atoms with van der Waals surface area (Å²) in [4.78, 5) is 31.5. The Bertz CT molecular complexity index is 771. The maximum atomic E-state index is 12.7. The predicted molar refractivity (Wildman–Crippen MR) is 119 cm³/mol. The third-order valence-corrected chi connectivity index (χ3v) is 7.25. The summed E-state index contributed by atoms with van der Waals surface area (Å²) in [6, 6.07) is 8.15. The number of piperazine rings is 1. The van der Waals surface area contributed by atoms with E-state index in [-0.39, 0.29) is 17.7 Å². The number of hydrogen-bond donors (Lipinski definition) is 1. The summed E-state index contributed by atoms with van der Waals surface area (Å²) in [5.74, 6) is -0.0612. The van der Waals surface area contributed by atoms with Crippen LogP contribution in [0.5, 0.6) is 5.75 Å². The van der Waals surface area contributed by atoms with Crippen molar-refractivity contribution in [1.29, 1.82) is 0 Å². The molecule has 2 heterocycles. The number of imide groups is 1. The van der Waals surface area contributed by atoms with Crippen molar-refractivity contribution in [2.24, 2.45) is 11.8 Å². The molecule has 31 heavy (non-hydrogen) atoms. The van der Waals surface area contributed by atoms with Gasteiger partial charge in [0.1, 0.15) is 5.75 Å². The fourth-order valence-corrected chi connectivity index (χ4v) is 5.37. The van der Waals surface area contributed by atoms with E-state index < -0.39 is 17.4 Å². The standard InChI is InChI=1S/C23H32ClN3O4/c1-2-31-21-7-4-3-6-19(21)26-12-10-25(11-13-26)8-5-9-27-22(29)16-14-18(24)20(28)15-17(16)23(27)30/h3-4,6-7,16-18,20,28H,2,5,8-15H2,1H3. The van der Waals surface area contributed by atoms with Crippen LogP contribution >= 0.6 is 11.6 Å². The summed E-state index contributed by atoms with van der Waals surface area (Å²) in [6.07, 6.45) is 0.744. The minimum absolute atomic E-state index is 0.107. The third-order valence-electron chi connectivity index (χ3n) is 6.78. The molecule has 1 aliphatic carbocycles. The number of fused-ring (bicyclic) bond motifs is 1. The van der Waals surface area contributed by atoms with E-state index >= 15 is 0 Å². The molecule has 3 aliphatic rings. The van der Waals surface area contributed by atoms with Crippen molar-refractivity contribution >= 4 is 29.1 Å². The van der Waals surface area contributed by atoms with Crippen LogP contribution in [-0.4, -0.2) is 84.1 Å². The highest BCUT2D eigenvalue weighted by Crippen LogP contribution is 2.40. The summed E-state index contributed by atoms with van der Waals surface area (Å²) >= 11 is 6.13. The highest BCUT2D eigenvalue weighted by Gasteiger charge is 2.51. The molecule has 2 saturated heterocycles. The van der Waals surface area contributed by atoms with E-state index in [0.29, 0.717) is 26.0 Å². The van der Waals surface area contributed by atoms with Gasteiger partial charge in [0.15, 0.2) is 0 Å². The molecule has 0 bridgehead atoms. The first-order chi connectivity index (χ1) is 15.0. The normalized spacial score (nSPS) is 29.4. The minimum atomic E-state index is -0.705. The van der Waals surface area contributed by atoms with Gasteiger partial charge in [-0.15, -0.1) is 11.6 Å². The first-order valence-corrected chi connectivity index (χ1v) is 11.8. The SMILES string of the molecule is CCOc1ccccc1N1CCN(CCCN2C(=O)C3CC(O)C(Cl)CC3C2=O)CC1. The van der Waals surface area contributed by atoms with Gasteiger partial charge in [-0.2, -0.15) is 0 Å². The molecule has 2 aliphatic heterocycles. The number of ether oxygens (including phenoxy) is 1. The van der Waals surface area contributed by atoms with Gasteiger partial charge in [-0.25, -0.2) is 0 Å². The van der Waals surface area contributed by atoms with E-state index in [2.05, 4.69) is 15.9 Å². The van der Waals surface area contributed by atoms with Crippen molar-refractivity contribution in [3.8, 4) is 5.75 Å². The zero-order valence-electron chi connectivity index (χ0n) is 18.1. The second-order valence-electron chi connectivity index (χ2n) is 8.68. The highest BCUT2D eigenvalue weighted by atomic mass is 35.5. The lowest BCUT2D eigenvalue weighted by molar-refractivity contribution is -0.140. The fourth-order valence-electron chi connectivity index (χ4n) is 5.07. The molecule has 1 saturated carbocycles. The summed E-state index contributed by atoms with van der Waals surface area (Å²) in [7, 11) is 0. The molecule has 170 valence electrons. The first kappa shape index (κ1) is 22.4. The number of halogens is 1. The summed E-state index contributed by atoms with van der Waals surface area (Å²) in [5, 5.41) is 9.54. The number of para-hydroxylation sites is 2. The lowest BCUT2D eigenvalue weighted by Gasteiger charge is -2.36. The maximum Gasteiger partial charge on any atom is 0.233 e. The van der Waals surface area contributed by atoms with Crippen LogP contribution in [0.3, 0.4) is 0 Å². The van der Waals surface area contributed by atoms with Crippen molar-refractivity contribution in [1.82, 2.24) is 9.80 Å². The van der Waals surface area contributed by atoms with E-state index in [4.69, 9.17) is 16.3 Å². The molecule has 4 rings (SSSR count). The van der Waals surface area contributed by atoms with Crippen molar-refractivity contribution in [2.45, 2.75) is 37.7 Å². The molecule has 1 aromatic rings. The lowest BCUT2D eigenvalue weighted by atomic mass is 9.79. The summed E-state index contributed by atoms with van der Waals surface area (Å²) < 4.78 is 5.76. The molecule has 1 N–H and O–H groups in total. The van der Waals surface area contributed by atoms with Crippen LogP contribution in [0.15, 0.2) is 24.3 Å². The van der Waals surface area contributed by atoms with E-state index in [1.165, 1.54) is 4.90 Å². The molecule has 8 heteroatoms. The lowest BCUT2D eigenvalue weighted by Crippen LogP contribution is -2.47. The number of carbonyl (C=O) groups is 2. The number of amides is 2. The number of alkyl halides is 1. The number of rotatable bonds is 7. The van der Waals surface area contributed by atoms with Crippen LogP contribution in [0.4, 0.5) is 5.69 Å². The Hall–Kier alpha value is -1.83. The Morgan fingerprint density at radius 2 is 1.71 bits per heavy atom. The van der Waals surface area contributed by atoms with Gasteiger partial charge in [-0.1, -0.05) is 12.1 Å². The van der Waals surface area contributed by atoms with Crippen LogP contribution in [-0.2, 0) is 9.59 Å². The van der Waals surface area contributed by atoms with Crippen LogP contribution in [0.1, 0.15) is 26.2 Å². The number of anilines is 1. The predicted octanol–water partition coefficient (Wildman–Crippen LogP) is 1.96. The van der Waals surface area contributed by atoms with Gasteiger partial charge in [-0.3, -0.25) is 19.4 Å². The number of carbonyl (C=O) groups excluding carboxylic acids is 2. The summed E-state index contributed by atoms with van der Waals surface area (Å²) in [6.45, 7) is 7.67. The van der Waals surface area contributed by atoms with Crippen LogP contribution in [0.25, 0.3) is 0 Å². The zero-order chi connectivity index (χ0) is 22.0. The van der Waals surface area contributed by atoms with Crippen LogP contribution in [0.2, 0.25) is 0 Å². The minimum Gasteiger partial charge on any atom is -0.492 e. The zero-order valence-corrected chi connectivity index (χ0v) is 18.8. The molecule has 7 nitrogen and oxygen atoms in total. The molecule has 0 radical (unpaired) electrons. The van der Waals surface area contributed by atoms with E-state index in [9.17, 15) is 14.7 Å². The molecule has 0 aromatic heterocycles. The molecule has 4 unspecified atom stereocenters. The Balaban J connectivity index is 1.25. The second kappa shape index (κ2) is 9.76. The second-order valence-corrected chi connectivity index (χ2v) is 9.24. The number of aliphatic hydroxyl groups excluding tert-OH is 1. The average molecular weight is 450 g/mol. The van der Waals surface area contributed by atoms with Gasteiger partial charge >= 0.3 is 0 Å². The van der Waals surface area contributed by atoms with Crippen molar-refractivity contribution < 1.29 is 19.4 Å². The topological polar surface area (TPSA) is 73.3 Å². The summed E-state index contributed by atoms with van der Waals surface area (Å²) in [5.41, 5.74) is 1.14. The van der Waals surface area contributed by atoms with Gasteiger partial charge in [0.25, 0.3) is 0 Å². The molecule has 2 amide bonds. The number of hydrogen-bond acceptors (Lipinski definition) is 6. The quantitative estimate of drug-likeness (QED) is 0.506. The van der Waals surface area contributed by atoms with Gasteiger partial charge in [-0.05, 0) is 44.9 Å². The molecule has 4 atom stereocenters. The molecular weight excluding hydrogens is 418 g/mol. The average Bonchev–Trinajstić information content (AvgIpc) is 2.99. The Morgan fingerprint density at radius 3 is 2.42 bits per heavy atom. The molecule has 1 aromatic carbocycles. The molecule has 0 spiro atoms. The molecular formula is C23H32ClN3O4. The Labute approximate surface area is 188 Å². The monoisotopic (exact) mass is 449 g/mol. The van der Waals surface area contributed by atoms with Crippen molar-refractivity contribution in [2.75, 3.05) is 50.8 Å². The number of nitrogens with zero attached hydrogens (tertiary/aromatic N) is 3. The molecule has 3 fully saturated rings. The van der Waals surface area contributed by atoms with E-state index in [1.807, 2.05) is 25.1 Å². The largest absolute Gasteiger partial charge is 0.492 e. The number of likely N-dealkylation sites (tertiary alicyclic amines) is 1. The van der Waals surface area contributed by atoms with Gasteiger partial charge < -0.3 is 14.7 Å². The Kier molecular flexibility index (Phi) is 7.04. The Morgan fingerprint density at radius 1 is 1.03 bits per heavy atom. The van der Waals surface area contributed by atoms with Gasteiger partial charge in [0.05, 0.1) is 35.6 Å². The van der Waals surface area contributed by atoms with Crippen molar-refractivity contribution in [3.63, 3.8) is 0 Å². The van der Waals surface area contributed by atoms with Gasteiger partial charge in [0, 0.05) is 32.7 Å². The fraction of sp³-hybridized carbons (Fsp3) is 0.652. The smallest absolute Gasteiger partial charge is 0.233 e. The first-order valence-electron chi connectivity index (χ1n) is 11.4. The number of benzene rings is 1. The highest BCUT2D eigenvalue weighted by molar-refractivity contribution is 6.21. The third kappa shape index (κ3) is 4.69. The van der Waals surface area contributed by atoms with Crippen LogP contribution in [0, 0.1) is 11.8 Å². The number of aliphatic hydroxyl groups is 1. The van der Waals surface area contributed by atoms with Gasteiger partial charge in [0.2, 0.25) is 11.8 Å².